The lowest BCUT2D eigenvalue weighted by molar-refractivity contribution is -0.704. The third-order valence-electron chi connectivity index (χ3n) is 10.3. The fourth-order valence-corrected chi connectivity index (χ4v) is 7.21. The van der Waals surface area contributed by atoms with E-state index < -0.39 is 0 Å². The molecule has 0 aromatic carbocycles. The molecule has 0 unspecified atom stereocenters. The van der Waals surface area contributed by atoms with Crippen molar-refractivity contribution in [3.05, 3.63) is 18.2 Å². The van der Waals surface area contributed by atoms with Crippen LogP contribution < -0.4 is 4.57 Å². The molecule has 0 saturated carbocycles. The average molecular weight is 630 g/mol. The highest BCUT2D eigenvalue weighted by Crippen LogP contribution is 2.16. The normalized spacial score (nSPS) is 11.6. The number of hydrogen-bond donors (Lipinski definition) is 0. The van der Waals surface area contributed by atoms with Crippen LogP contribution in [0, 0.1) is 0 Å². The molecule has 0 N–H and O–H groups in total. The van der Waals surface area contributed by atoms with Crippen molar-refractivity contribution in [2.45, 2.75) is 259 Å². The van der Waals surface area contributed by atoms with Gasteiger partial charge in [-0.05, 0) is 32.1 Å². The van der Waals surface area contributed by atoms with E-state index >= 15 is 0 Å². The minimum atomic E-state index is 1.23. The molecule has 1 heterocycles. The first-order valence-electron chi connectivity index (χ1n) is 21.4. The van der Waals surface area contributed by atoms with Crippen LogP contribution in [-0.2, 0) is 19.5 Å². The Balaban J connectivity index is 2.17. The molecule has 0 spiro atoms. The fourth-order valence-electron chi connectivity index (χ4n) is 7.21. The number of imidazole rings is 1. The Hall–Kier alpha value is -0.790. The summed E-state index contributed by atoms with van der Waals surface area (Å²) in [6.07, 6.45) is 54.9. The standard InChI is InChI=1S/C43H85N2/c1-4-7-10-13-15-17-19-21-22-23-24-25-26-28-30-32-35-38-43-44(39-36-33-12-9-6-3)41-42-45(43)40-37-34-31-29-27-20-18-16-14-11-8-5-2/h41-42H,4-40H2,1-3H3/q+1. The lowest BCUT2D eigenvalue weighted by atomic mass is 10.0. The van der Waals surface area contributed by atoms with Crippen molar-refractivity contribution in [1.82, 2.24) is 4.57 Å². The third kappa shape index (κ3) is 26.9. The van der Waals surface area contributed by atoms with Gasteiger partial charge in [0.05, 0.1) is 13.1 Å². The lowest BCUT2D eigenvalue weighted by Gasteiger charge is -2.07. The van der Waals surface area contributed by atoms with Crippen LogP contribution in [-0.4, -0.2) is 4.57 Å². The van der Waals surface area contributed by atoms with E-state index in [0.717, 1.165) is 0 Å². The predicted molar refractivity (Wildman–Crippen MR) is 202 cm³/mol. The van der Waals surface area contributed by atoms with Gasteiger partial charge in [-0.3, -0.25) is 0 Å². The van der Waals surface area contributed by atoms with Gasteiger partial charge in [-0.2, -0.15) is 0 Å². The van der Waals surface area contributed by atoms with E-state index in [1.165, 1.54) is 238 Å². The van der Waals surface area contributed by atoms with E-state index in [0.29, 0.717) is 0 Å². The van der Waals surface area contributed by atoms with Gasteiger partial charge in [0.2, 0.25) is 0 Å². The maximum absolute atomic E-state index is 2.63. The first kappa shape index (κ1) is 42.2. The Morgan fingerprint density at radius 2 is 0.689 bits per heavy atom. The summed E-state index contributed by atoms with van der Waals surface area (Å²) in [5.74, 6) is 1.62. The second-order valence-electron chi connectivity index (χ2n) is 14.8. The molecule has 0 bridgehead atoms. The molecular formula is C43H85N2+. The van der Waals surface area contributed by atoms with Gasteiger partial charge < -0.3 is 0 Å². The summed E-state index contributed by atoms with van der Waals surface area (Å²) in [7, 11) is 0. The SMILES string of the molecule is CCCCCCCCCCCCCCCCCCCc1n(CCCCCCCCCCCCCC)cc[n+]1CCCCCCC. The molecule has 0 fully saturated rings. The van der Waals surface area contributed by atoms with Crippen molar-refractivity contribution >= 4 is 0 Å². The number of hydrogen-bond acceptors (Lipinski definition) is 0. The highest BCUT2D eigenvalue weighted by molar-refractivity contribution is 4.84. The maximum Gasteiger partial charge on any atom is 0.256 e. The molecule has 0 saturated heterocycles. The quantitative estimate of drug-likeness (QED) is 0.0511. The number of aromatic nitrogens is 2. The molecule has 0 atom stereocenters. The van der Waals surface area contributed by atoms with Gasteiger partial charge in [-0.25, -0.2) is 9.13 Å². The van der Waals surface area contributed by atoms with Crippen LogP contribution in [0.4, 0.5) is 0 Å². The average Bonchev–Trinajstić information content (AvgIpc) is 3.43. The van der Waals surface area contributed by atoms with E-state index in [1.807, 2.05) is 0 Å². The second-order valence-corrected chi connectivity index (χ2v) is 14.8. The Bertz CT molecular complexity index is 692. The first-order chi connectivity index (χ1) is 22.3. The smallest absolute Gasteiger partial charge is 0.234 e. The molecule has 0 aliphatic carbocycles. The third-order valence-corrected chi connectivity index (χ3v) is 10.3. The van der Waals surface area contributed by atoms with Crippen molar-refractivity contribution in [3.8, 4) is 0 Å². The fraction of sp³-hybridized carbons (Fsp3) is 0.930. The summed E-state index contributed by atoms with van der Waals surface area (Å²) in [4.78, 5) is 0. The number of aryl methyl sites for hydroxylation is 2. The number of nitrogens with zero attached hydrogens (tertiary/aromatic N) is 2. The first-order valence-corrected chi connectivity index (χ1v) is 21.4. The van der Waals surface area contributed by atoms with Gasteiger partial charge in [-0.1, -0.05) is 207 Å². The molecule has 45 heavy (non-hydrogen) atoms. The summed E-state index contributed by atoms with van der Waals surface area (Å²) in [5.41, 5.74) is 0. The lowest BCUT2D eigenvalue weighted by Crippen LogP contribution is -2.37. The van der Waals surface area contributed by atoms with E-state index in [1.54, 1.807) is 5.82 Å². The van der Waals surface area contributed by atoms with Crippen molar-refractivity contribution in [1.29, 1.82) is 0 Å². The van der Waals surface area contributed by atoms with Crippen molar-refractivity contribution in [2.24, 2.45) is 0 Å². The minimum Gasteiger partial charge on any atom is -0.234 e. The van der Waals surface area contributed by atoms with E-state index in [2.05, 4.69) is 42.3 Å². The molecule has 1 aromatic heterocycles. The van der Waals surface area contributed by atoms with Crippen LogP contribution >= 0.6 is 0 Å². The summed E-state index contributed by atoms with van der Waals surface area (Å²) in [6.45, 7) is 9.40. The highest BCUT2D eigenvalue weighted by atomic mass is 15.1. The van der Waals surface area contributed by atoms with Crippen molar-refractivity contribution in [2.75, 3.05) is 0 Å². The summed E-state index contributed by atoms with van der Waals surface area (Å²) >= 11 is 0. The molecule has 2 heteroatoms. The molecule has 0 aliphatic heterocycles. The van der Waals surface area contributed by atoms with Gasteiger partial charge in [0, 0.05) is 6.42 Å². The Kier molecular flexibility index (Phi) is 32.4. The zero-order valence-corrected chi connectivity index (χ0v) is 31.7. The van der Waals surface area contributed by atoms with Gasteiger partial charge in [0.25, 0.3) is 5.82 Å². The zero-order valence-electron chi connectivity index (χ0n) is 31.7. The van der Waals surface area contributed by atoms with Crippen LogP contribution in [0.1, 0.15) is 245 Å². The van der Waals surface area contributed by atoms with E-state index in [-0.39, 0.29) is 0 Å². The van der Waals surface area contributed by atoms with Crippen LogP contribution in [0.25, 0.3) is 0 Å². The summed E-state index contributed by atoms with van der Waals surface area (Å²) in [5, 5.41) is 0. The molecule has 2 nitrogen and oxygen atoms in total. The number of rotatable bonds is 37. The van der Waals surface area contributed by atoms with Crippen LogP contribution in [0.2, 0.25) is 0 Å². The molecule has 266 valence electrons. The Morgan fingerprint density at radius 3 is 1.07 bits per heavy atom. The Morgan fingerprint density at radius 1 is 0.378 bits per heavy atom. The highest BCUT2D eigenvalue weighted by Gasteiger charge is 2.16. The second kappa shape index (κ2) is 34.5. The molecule has 0 amide bonds. The molecule has 1 aromatic rings. The Labute approximate surface area is 285 Å². The summed E-state index contributed by atoms with van der Waals surface area (Å²) in [6, 6.07) is 0. The van der Waals surface area contributed by atoms with Gasteiger partial charge in [0.15, 0.2) is 0 Å². The molecule has 1 rings (SSSR count). The van der Waals surface area contributed by atoms with Gasteiger partial charge in [0.1, 0.15) is 12.4 Å². The van der Waals surface area contributed by atoms with E-state index in [4.69, 9.17) is 0 Å². The zero-order chi connectivity index (χ0) is 32.3. The molecule has 0 radical (unpaired) electrons. The van der Waals surface area contributed by atoms with Crippen LogP contribution in [0.5, 0.6) is 0 Å². The van der Waals surface area contributed by atoms with Crippen LogP contribution in [0.15, 0.2) is 12.4 Å². The predicted octanol–water partition coefficient (Wildman–Crippen LogP) is 14.6. The van der Waals surface area contributed by atoms with Crippen molar-refractivity contribution < 1.29 is 4.57 Å². The maximum atomic E-state index is 2.63. The summed E-state index contributed by atoms with van der Waals surface area (Å²) < 4.78 is 5.26. The molecule has 0 aliphatic rings. The minimum absolute atomic E-state index is 1.23. The van der Waals surface area contributed by atoms with Crippen LogP contribution in [0.3, 0.4) is 0 Å². The topological polar surface area (TPSA) is 8.81 Å². The van der Waals surface area contributed by atoms with Crippen molar-refractivity contribution in [3.63, 3.8) is 0 Å². The monoisotopic (exact) mass is 630 g/mol. The van der Waals surface area contributed by atoms with Gasteiger partial charge >= 0.3 is 0 Å². The largest absolute Gasteiger partial charge is 0.256 e. The number of unbranched alkanes of at least 4 members (excludes halogenated alkanes) is 31. The molecular weight excluding hydrogens is 544 g/mol. The van der Waals surface area contributed by atoms with Gasteiger partial charge in [-0.15, -0.1) is 0 Å². The van der Waals surface area contributed by atoms with E-state index in [9.17, 15) is 0 Å².